The molecule has 0 radical (unpaired) electrons. The van der Waals surface area contributed by atoms with Crippen molar-refractivity contribution in [1.29, 1.82) is 0 Å². The van der Waals surface area contributed by atoms with Crippen LogP contribution in [0.2, 0.25) is 0 Å². The fourth-order valence-electron chi connectivity index (χ4n) is 2.85. The number of hydrogen-bond donors (Lipinski definition) is 1. The molecule has 0 aliphatic carbocycles. The Morgan fingerprint density at radius 3 is 2.62 bits per heavy atom. The monoisotopic (exact) mass is 350 g/mol. The molecule has 3 rings (SSSR count). The van der Waals surface area contributed by atoms with E-state index in [2.05, 4.69) is 4.90 Å². The van der Waals surface area contributed by atoms with Gasteiger partial charge in [-0.25, -0.2) is 9.59 Å². The van der Waals surface area contributed by atoms with Crippen LogP contribution >= 0.6 is 11.3 Å². The van der Waals surface area contributed by atoms with E-state index in [4.69, 9.17) is 9.52 Å². The van der Waals surface area contributed by atoms with Crippen molar-refractivity contribution in [1.82, 2.24) is 4.90 Å². The van der Waals surface area contributed by atoms with Crippen molar-refractivity contribution in [3.05, 3.63) is 28.1 Å². The minimum Gasteiger partial charge on any atom is -0.477 e. The first-order chi connectivity index (χ1) is 11.4. The molecule has 3 heterocycles. The highest BCUT2D eigenvalue weighted by Gasteiger charge is 2.27. The summed E-state index contributed by atoms with van der Waals surface area (Å²) in [4.78, 5) is 39.1. The van der Waals surface area contributed by atoms with Crippen molar-refractivity contribution in [2.75, 3.05) is 32.1 Å². The van der Waals surface area contributed by atoms with Gasteiger partial charge in [-0.05, 0) is 39.0 Å². The zero-order valence-electron chi connectivity index (χ0n) is 13.4. The second kappa shape index (κ2) is 6.37. The Bertz CT molecular complexity index is 848. The van der Waals surface area contributed by atoms with Gasteiger partial charge in [0.1, 0.15) is 10.6 Å². The Balaban J connectivity index is 1.87. The Morgan fingerprint density at radius 1 is 1.33 bits per heavy atom. The molecule has 2 aromatic heterocycles. The van der Waals surface area contributed by atoms with Crippen molar-refractivity contribution in [2.45, 2.75) is 12.8 Å². The minimum atomic E-state index is -1.32. The third-order valence-corrected chi connectivity index (χ3v) is 5.51. The average molecular weight is 350 g/mol. The summed E-state index contributed by atoms with van der Waals surface area (Å²) >= 11 is 1.24. The van der Waals surface area contributed by atoms with Crippen molar-refractivity contribution in [3.63, 3.8) is 0 Å². The van der Waals surface area contributed by atoms with E-state index in [9.17, 15) is 14.4 Å². The summed E-state index contributed by atoms with van der Waals surface area (Å²) in [5.41, 5.74) is -0.989. The number of carbonyl (C=O) groups is 2. The lowest BCUT2D eigenvalue weighted by molar-refractivity contribution is -0.123. The van der Waals surface area contributed by atoms with Gasteiger partial charge >= 0.3 is 11.6 Å². The second-order valence-corrected chi connectivity index (χ2v) is 7.10. The molecule has 1 amide bonds. The highest BCUT2D eigenvalue weighted by Crippen LogP contribution is 2.33. The number of likely N-dealkylation sites (tertiary alicyclic amines) is 1. The van der Waals surface area contributed by atoms with Gasteiger partial charge in [0.15, 0.2) is 5.58 Å². The first kappa shape index (κ1) is 16.7. The van der Waals surface area contributed by atoms with Crippen molar-refractivity contribution >= 4 is 38.5 Å². The summed E-state index contributed by atoms with van der Waals surface area (Å²) in [6.07, 6.45) is 1.64. The van der Waals surface area contributed by atoms with Gasteiger partial charge in [-0.2, -0.15) is 0 Å². The molecular weight excluding hydrogens is 332 g/mol. The van der Waals surface area contributed by atoms with Crippen molar-refractivity contribution in [3.8, 4) is 0 Å². The molecule has 2 aromatic rings. The number of thiophene rings is 1. The SMILES string of the molecule is CN1CCC(C(=O)N(C)c2cc3oc(=O)c(C(=O)O)cc3s2)CC1. The molecule has 0 atom stereocenters. The number of rotatable bonds is 3. The van der Waals surface area contributed by atoms with E-state index in [1.807, 2.05) is 7.05 Å². The van der Waals surface area contributed by atoms with Crippen molar-refractivity contribution < 1.29 is 19.1 Å². The molecule has 0 aromatic carbocycles. The van der Waals surface area contributed by atoms with Gasteiger partial charge < -0.3 is 19.3 Å². The van der Waals surface area contributed by atoms with Crippen LogP contribution in [-0.2, 0) is 4.79 Å². The lowest BCUT2D eigenvalue weighted by atomic mass is 9.96. The Kier molecular flexibility index (Phi) is 4.42. The van der Waals surface area contributed by atoms with E-state index in [0.717, 1.165) is 25.9 Å². The lowest BCUT2D eigenvalue weighted by Crippen LogP contribution is -2.39. The molecule has 128 valence electrons. The molecule has 24 heavy (non-hydrogen) atoms. The van der Waals surface area contributed by atoms with Gasteiger partial charge in [-0.1, -0.05) is 0 Å². The van der Waals surface area contributed by atoms with Gasteiger partial charge in [0.2, 0.25) is 5.91 Å². The van der Waals surface area contributed by atoms with Crippen LogP contribution in [0.5, 0.6) is 0 Å². The Hall–Kier alpha value is -2.19. The third-order valence-electron chi connectivity index (χ3n) is 4.37. The fraction of sp³-hybridized carbons (Fsp3) is 0.438. The zero-order chi connectivity index (χ0) is 17.4. The number of aromatic carboxylic acids is 1. The maximum Gasteiger partial charge on any atom is 0.351 e. The first-order valence-electron chi connectivity index (χ1n) is 7.64. The van der Waals surface area contributed by atoms with E-state index >= 15 is 0 Å². The number of carboxylic acids is 1. The predicted octanol–water partition coefficient (Wildman–Crippen LogP) is 1.86. The zero-order valence-corrected chi connectivity index (χ0v) is 14.3. The van der Waals surface area contributed by atoms with Gasteiger partial charge in [0, 0.05) is 19.0 Å². The van der Waals surface area contributed by atoms with E-state index in [1.165, 1.54) is 17.4 Å². The molecule has 1 fully saturated rings. The standard InChI is InChI=1S/C16H18N2O5S/c1-17-5-3-9(4-6-17)14(19)18(2)13-8-11-12(24-13)7-10(15(20)21)16(22)23-11/h7-9H,3-6H2,1-2H3,(H,20,21). The number of nitrogens with zero attached hydrogens (tertiary/aromatic N) is 2. The molecule has 0 spiro atoms. The molecule has 7 nitrogen and oxygen atoms in total. The highest BCUT2D eigenvalue weighted by molar-refractivity contribution is 7.22. The van der Waals surface area contributed by atoms with Gasteiger partial charge in [-0.15, -0.1) is 11.3 Å². The van der Waals surface area contributed by atoms with E-state index in [1.54, 1.807) is 18.0 Å². The quantitative estimate of drug-likeness (QED) is 0.908. The summed E-state index contributed by atoms with van der Waals surface area (Å²) < 4.78 is 5.59. The Morgan fingerprint density at radius 2 is 2.00 bits per heavy atom. The second-order valence-electron chi connectivity index (χ2n) is 6.04. The van der Waals surface area contributed by atoms with E-state index in [-0.39, 0.29) is 11.8 Å². The van der Waals surface area contributed by atoms with Crippen LogP contribution in [0.1, 0.15) is 23.2 Å². The van der Waals surface area contributed by atoms with E-state index < -0.39 is 17.2 Å². The van der Waals surface area contributed by atoms with Crippen LogP contribution in [-0.4, -0.2) is 49.1 Å². The van der Waals surface area contributed by atoms with Crippen LogP contribution in [0, 0.1) is 5.92 Å². The molecule has 8 heteroatoms. The largest absolute Gasteiger partial charge is 0.477 e. The van der Waals surface area contributed by atoms with Gasteiger partial charge in [-0.3, -0.25) is 4.79 Å². The molecule has 1 aliphatic heterocycles. The number of carbonyl (C=O) groups excluding carboxylic acids is 1. The van der Waals surface area contributed by atoms with E-state index in [0.29, 0.717) is 15.3 Å². The van der Waals surface area contributed by atoms with Crippen LogP contribution in [0.4, 0.5) is 5.00 Å². The molecule has 0 bridgehead atoms. The molecule has 0 saturated carbocycles. The highest BCUT2D eigenvalue weighted by atomic mass is 32.1. The normalized spacial score (nSPS) is 16.4. The predicted molar refractivity (Wildman–Crippen MR) is 91.0 cm³/mol. The summed E-state index contributed by atoms with van der Waals surface area (Å²) in [5, 5.41) is 9.64. The maximum absolute atomic E-state index is 12.7. The molecule has 1 aliphatic rings. The van der Waals surface area contributed by atoms with Gasteiger partial charge in [0.25, 0.3) is 0 Å². The van der Waals surface area contributed by atoms with Crippen LogP contribution in [0.25, 0.3) is 10.3 Å². The summed E-state index contributed by atoms with van der Waals surface area (Å²) in [6.45, 7) is 1.79. The summed E-state index contributed by atoms with van der Waals surface area (Å²) in [7, 11) is 3.74. The van der Waals surface area contributed by atoms with Crippen molar-refractivity contribution in [2.24, 2.45) is 5.92 Å². The number of hydrogen-bond acceptors (Lipinski definition) is 6. The lowest BCUT2D eigenvalue weighted by Gasteiger charge is -2.30. The Labute approximate surface area is 142 Å². The number of carboxylic acid groups (broad SMARTS) is 1. The molecular formula is C16H18N2O5S. The maximum atomic E-state index is 12.7. The molecule has 1 N–H and O–H groups in total. The van der Waals surface area contributed by atoms with Crippen LogP contribution in [0.3, 0.4) is 0 Å². The number of fused-ring (bicyclic) bond motifs is 1. The number of piperidine rings is 1. The smallest absolute Gasteiger partial charge is 0.351 e. The molecule has 1 saturated heterocycles. The number of anilines is 1. The summed E-state index contributed by atoms with van der Waals surface area (Å²) in [6, 6.07) is 2.91. The number of amides is 1. The van der Waals surface area contributed by atoms with Gasteiger partial charge in [0.05, 0.1) is 4.70 Å². The topological polar surface area (TPSA) is 91.1 Å². The third kappa shape index (κ3) is 3.07. The molecule has 0 unspecified atom stereocenters. The fourth-order valence-corrected chi connectivity index (χ4v) is 3.85. The average Bonchev–Trinajstić information content (AvgIpc) is 2.96. The minimum absolute atomic E-state index is 0.0157. The van der Waals surface area contributed by atoms with Crippen LogP contribution < -0.4 is 10.5 Å². The first-order valence-corrected chi connectivity index (χ1v) is 8.45. The van der Waals surface area contributed by atoms with Crippen LogP contribution in [0.15, 0.2) is 21.3 Å². The summed E-state index contributed by atoms with van der Waals surface area (Å²) in [5.74, 6) is -1.30.